The Morgan fingerprint density at radius 2 is 1.89 bits per heavy atom. The number of thiazole rings is 1. The molecule has 4 N–H and O–H groups in total. The Bertz CT molecular complexity index is 917. The van der Waals surface area contributed by atoms with Crippen LogP contribution in [0.3, 0.4) is 0 Å². The number of anilines is 2. The summed E-state index contributed by atoms with van der Waals surface area (Å²) in [6.45, 7) is 5.68. The fraction of sp³-hybridized carbons (Fsp3) is 0.421. The molecule has 0 amide bonds. The third-order valence-electron chi connectivity index (χ3n) is 3.94. The van der Waals surface area contributed by atoms with Crippen LogP contribution in [0.15, 0.2) is 35.5 Å². The third kappa shape index (κ3) is 5.32. The van der Waals surface area contributed by atoms with Crippen LogP contribution in [-0.2, 0) is 5.75 Å². The zero-order chi connectivity index (χ0) is 20.1. The summed E-state index contributed by atoms with van der Waals surface area (Å²) in [5, 5.41) is 26.7. The zero-order valence-electron chi connectivity index (χ0n) is 16.1. The first-order chi connectivity index (χ1) is 13.4. The van der Waals surface area contributed by atoms with Gasteiger partial charge in [0, 0.05) is 11.8 Å². The lowest BCUT2D eigenvalue weighted by atomic mass is 10.1. The highest BCUT2D eigenvalue weighted by Gasteiger charge is 2.21. The van der Waals surface area contributed by atoms with Crippen LogP contribution in [-0.4, -0.2) is 50.0 Å². The van der Waals surface area contributed by atoms with Gasteiger partial charge >= 0.3 is 0 Å². The minimum atomic E-state index is -0.529. The highest BCUT2D eigenvalue weighted by molar-refractivity contribution is 7.98. The molecule has 0 saturated carbocycles. The molecule has 0 aliphatic carbocycles. The number of thioether (sulfide) groups is 1. The van der Waals surface area contributed by atoms with Crippen molar-refractivity contribution in [3.63, 3.8) is 0 Å². The molecule has 0 aliphatic heterocycles. The summed E-state index contributed by atoms with van der Waals surface area (Å²) >= 11 is 2.97. The molecule has 0 aliphatic rings. The van der Waals surface area contributed by atoms with Crippen molar-refractivity contribution >= 4 is 44.4 Å². The summed E-state index contributed by atoms with van der Waals surface area (Å²) in [5.74, 6) is 1.41. The lowest BCUT2D eigenvalue weighted by molar-refractivity contribution is 0.234. The molecule has 7 nitrogen and oxygen atoms in total. The number of rotatable bonds is 9. The van der Waals surface area contributed by atoms with Gasteiger partial charge in [-0.15, -0.1) is 0 Å². The Kier molecular flexibility index (Phi) is 6.71. The van der Waals surface area contributed by atoms with Crippen LogP contribution in [0.2, 0.25) is 0 Å². The maximum atomic E-state index is 9.64. The van der Waals surface area contributed by atoms with Gasteiger partial charge in [0.2, 0.25) is 0 Å². The molecule has 1 unspecified atom stereocenters. The summed E-state index contributed by atoms with van der Waals surface area (Å²) in [6, 6.07) is 10.1. The van der Waals surface area contributed by atoms with Gasteiger partial charge in [-0.25, -0.2) is 9.97 Å². The van der Waals surface area contributed by atoms with E-state index in [9.17, 15) is 10.2 Å². The number of nitrogens with zero attached hydrogens (tertiary/aromatic N) is 3. The fourth-order valence-electron chi connectivity index (χ4n) is 2.35. The second kappa shape index (κ2) is 9.04. The summed E-state index contributed by atoms with van der Waals surface area (Å²) in [5.41, 5.74) is 1.26. The first-order valence-electron chi connectivity index (χ1n) is 9.02. The summed E-state index contributed by atoms with van der Waals surface area (Å²) in [6.07, 6.45) is 0. The van der Waals surface area contributed by atoms with Crippen LogP contribution in [0.5, 0.6) is 0 Å². The highest BCUT2D eigenvalue weighted by Crippen LogP contribution is 2.34. The molecular formula is C19H25N5O2S2. The maximum Gasteiger partial charge on any atom is 0.191 e. The van der Waals surface area contributed by atoms with Crippen molar-refractivity contribution in [1.82, 2.24) is 15.0 Å². The molecule has 3 rings (SSSR count). The second-order valence-electron chi connectivity index (χ2n) is 7.20. The van der Waals surface area contributed by atoms with E-state index in [-0.39, 0.29) is 19.3 Å². The summed E-state index contributed by atoms with van der Waals surface area (Å²) in [4.78, 5) is 13.9. The van der Waals surface area contributed by atoms with E-state index in [1.807, 2.05) is 39.0 Å². The molecule has 9 heteroatoms. The number of aliphatic hydroxyl groups is 2. The van der Waals surface area contributed by atoms with Crippen LogP contribution < -0.4 is 10.6 Å². The van der Waals surface area contributed by atoms with E-state index in [2.05, 4.69) is 37.7 Å². The first kappa shape index (κ1) is 20.8. The number of aromatic nitrogens is 3. The normalized spacial score (nSPS) is 12.9. The molecule has 1 aromatic carbocycles. The number of aliphatic hydroxyl groups excluding tert-OH is 2. The maximum absolute atomic E-state index is 9.64. The summed E-state index contributed by atoms with van der Waals surface area (Å²) in [7, 11) is 0. The van der Waals surface area contributed by atoms with Gasteiger partial charge in [0.15, 0.2) is 21.8 Å². The molecule has 3 aromatic rings. The molecule has 0 radical (unpaired) electrons. The monoisotopic (exact) mass is 419 g/mol. The van der Waals surface area contributed by atoms with Crippen molar-refractivity contribution in [2.75, 3.05) is 23.8 Å². The lowest BCUT2D eigenvalue weighted by Crippen LogP contribution is -2.35. The standard InChI is InChI=1S/C19H25N5O2S2/c1-12(9-25)20-18-22-15-14(28-18)16(24-19(2,3)11-26)23-17(21-15)27-10-13-7-5-4-6-8-13/h4-8,12,25-26H,9-11H2,1-3H3,(H2,20,21,22,23,24). The van der Waals surface area contributed by atoms with Crippen molar-refractivity contribution in [3.8, 4) is 0 Å². The Labute approximate surface area is 172 Å². The largest absolute Gasteiger partial charge is 0.394 e. The van der Waals surface area contributed by atoms with Crippen molar-refractivity contribution < 1.29 is 10.2 Å². The van der Waals surface area contributed by atoms with Gasteiger partial charge in [-0.3, -0.25) is 0 Å². The van der Waals surface area contributed by atoms with Gasteiger partial charge in [0.05, 0.1) is 18.8 Å². The molecule has 0 saturated heterocycles. The van der Waals surface area contributed by atoms with Crippen molar-refractivity contribution in [3.05, 3.63) is 35.9 Å². The van der Waals surface area contributed by atoms with E-state index >= 15 is 0 Å². The lowest BCUT2D eigenvalue weighted by Gasteiger charge is -2.24. The SMILES string of the molecule is CC(CO)Nc1nc2nc(SCc3ccccc3)nc(NC(C)(C)CO)c2s1. The van der Waals surface area contributed by atoms with E-state index in [0.29, 0.717) is 21.8 Å². The number of hydrogen-bond donors (Lipinski definition) is 4. The van der Waals surface area contributed by atoms with Gasteiger partial charge < -0.3 is 20.8 Å². The Morgan fingerprint density at radius 1 is 1.14 bits per heavy atom. The smallest absolute Gasteiger partial charge is 0.191 e. The first-order valence-corrected chi connectivity index (χ1v) is 10.8. The topological polar surface area (TPSA) is 103 Å². The van der Waals surface area contributed by atoms with Crippen LogP contribution in [0.25, 0.3) is 10.3 Å². The molecule has 0 fully saturated rings. The Morgan fingerprint density at radius 3 is 2.57 bits per heavy atom. The van der Waals surface area contributed by atoms with Crippen LogP contribution >= 0.6 is 23.1 Å². The van der Waals surface area contributed by atoms with Gasteiger partial charge in [-0.05, 0) is 26.3 Å². The predicted molar refractivity (Wildman–Crippen MR) is 116 cm³/mol. The van der Waals surface area contributed by atoms with Gasteiger partial charge in [-0.1, -0.05) is 53.4 Å². The van der Waals surface area contributed by atoms with Crippen LogP contribution in [0.1, 0.15) is 26.3 Å². The van der Waals surface area contributed by atoms with Crippen molar-refractivity contribution in [2.24, 2.45) is 0 Å². The number of hydrogen-bond acceptors (Lipinski definition) is 9. The number of benzene rings is 1. The van der Waals surface area contributed by atoms with Gasteiger partial charge in [0.1, 0.15) is 4.70 Å². The molecule has 0 bridgehead atoms. The van der Waals surface area contributed by atoms with Crippen molar-refractivity contribution in [2.45, 2.75) is 43.3 Å². The third-order valence-corrected chi connectivity index (χ3v) is 5.84. The van der Waals surface area contributed by atoms with Gasteiger partial charge in [-0.2, -0.15) is 4.98 Å². The molecule has 150 valence electrons. The molecular weight excluding hydrogens is 394 g/mol. The average Bonchev–Trinajstić information content (AvgIpc) is 3.09. The van der Waals surface area contributed by atoms with E-state index in [0.717, 1.165) is 10.5 Å². The van der Waals surface area contributed by atoms with Crippen LogP contribution in [0, 0.1) is 0 Å². The Balaban J connectivity index is 1.92. The van der Waals surface area contributed by atoms with Gasteiger partial charge in [0.25, 0.3) is 0 Å². The van der Waals surface area contributed by atoms with E-state index in [1.54, 1.807) is 11.8 Å². The zero-order valence-corrected chi connectivity index (χ0v) is 17.8. The number of nitrogens with one attached hydrogen (secondary N) is 2. The molecule has 0 spiro atoms. The van der Waals surface area contributed by atoms with E-state index < -0.39 is 5.54 Å². The van der Waals surface area contributed by atoms with Crippen molar-refractivity contribution in [1.29, 1.82) is 0 Å². The second-order valence-corrected chi connectivity index (χ2v) is 9.14. The summed E-state index contributed by atoms with van der Waals surface area (Å²) < 4.78 is 0.818. The molecule has 2 aromatic heterocycles. The Hall–Kier alpha value is -1.94. The molecule has 28 heavy (non-hydrogen) atoms. The molecule has 2 heterocycles. The van der Waals surface area contributed by atoms with Crippen LogP contribution in [0.4, 0.5) is 10.9 Å². The fourth-order valence-corrected chi connectivity index (χ4v) is 4.11. The number of fused-ring (bicyclic) bond motifs is 1. The minimum Gasteiger partial charge on any atom is -0.394 e. The van der Waals surface area contributed by atoms with E-state index in [4.69, 9.17) is 0 Å². The van der Waals surface area contributed by atoms with E-state index in [1.165, 1.54) is 16.9 Å². The average molecular weight is 420 g/mol. The predicted octanol–water partition coefficient (Wildman–Crippen LogP) is 3.35. The highest BCUT2D eigenvalue weighted by atomic mass is 32.2. The molecule has 1 atom stereocenters. The minimum absolute atomic E-state index is 0.0163. The quantitative estimate of drug-likeness (QED) is 0.309.